The van der Waals surface area contributed by atoms with E-state index in [0.717, 1.165) is 0 Å². The highest BCUT2D eigenvalue weighted by molar-refractivity contribution is 5.75. The predicted octanol–water partition coefficient (Wildman–Crippen LogP) is -0.581. The van der Waals surface area contributed by atoms with Gasteiger partial charge in [-0.25, -0.2) is 9.97 Å². The number of aromatic nitrogens is 4. The largest absolute Gasteiger partial charge is 0.492 e. The van der Waals surface area contributed by atoms with Gasteiger partial charge < -0.3 is 20.1 Å². The van der Waals surface area contributed by atoms with E-state index in [2.05, 4.69) is 15.0 Å². The molecule has 0 unspecified atom stereocenters. The Morgan fingerprint density at radius 3 is 2.84 bits per heavy atom. The van der Waals surface area contributed by atoms with Gasteiger partial charge in [-0.2, -0.15) is 4.98 Å². The molecule has 0 spiro atoms. The van der Waals surface area contributed by atoms with Crippen LogP contribution in [0.2, 0.25) is 0 Å². The van der Waals surface area contributed by atoms with Crippen LogP contribution in [-0.2, 0) is 4.74 Å². The average Bonchev–Trinajstić information content (AvgIpc) is 2.94. The second-order valence-corrected chi connectivity index (χ2v) is 4.62. The molecule has 1 saturated heterocycles. The lowest BCUT2D eigenvalue weighted by molar-refractivity contribution is -0.0447. The number of hydrogen-bond donors (Lipinski definition) is 3. The Labute approximate surface area is 108 Å². The van der Waals surface area contributed by atoms with E-state index in [1.54, 1.807) is 4.57 Å². The van der Waals surface area contributed by atoms with Crippen molar-refractivity contribution in [3.8, 4) is 5.88 Å². The van der Waals surface area contributed by atoms with Gasteiger partial charge in [0.05, 0.1) is 19.0 Å². The average molecular weight is 266 g/mol. The van der Waals surface area contributed by atoms with Crippen LogP contribution in [0, 0.1) is 5.92 Å². The first-order valence-electron chi connectivity index (χ1n) is 5.94. The summed E-state index contributed by atoms with van der Waals surface area (Å²) < 4.78 is 7.23. The molecule has 0 aromatic carbocycles. The van der Waals surface area contributed by atoms with Crippen molar-refractivity contribution in [2.24, 2.45) is 5.92 Å². The van der Waals surface area contributed by atoms with Crippen molar-refractivity contribution in [1.82, 2.24) is 19.5 Å². The maximum absolute atomic E-state index is 9.95. The number of aliphatic hydroxyl groups excluding tert-OH is 2. The first-order valence-corrected chi connectivity index (χ1v) is 5.94. The maximum atomic E-state index is 9.95. The molecule has 3 rings (SSSR count). The van der Waals surface area contributed by atoms with Crippen molar-refractivity contribution >= 4 is 11.2 Å². The highest BCUT2D eigenvalue weighted by Crippen LogP contribution is 2.36. The molecule has 0 bridgehead atoms. The lowest BCUT2D eigenvalue weighted by Gasteiger charge is -2.17. The van der Waals surface area contributed by atoms with Gasteiger partial charge in [0.25, 0.3) is 0 Å². The minimum atomic E-state index is -0.761. The van der Waals surface area contributed by atoms with Gasteiger partial charge in [0, 0.05) is 5.92 Å². The van der Waals surface area contributed by atoms with E-state index < -0.39 is 18.4 Å². The summed E-state index contributed by atoms with van der Waals surface area (Å²) in [6.07, 6.45) is 0.824. The van der Waals surface area contributed by atoms with Crippen LogP contribution in [0.4, 0.5) is 0 Å². The number of imidazole rings is 1. The molecular formula is C11H14N4O4. The number of aromatic hydroxyl groups is 1. The van der Waals surface area contributed by atoms with E-state index in [1.807, 2.05) is 6.92 Å². The van der Waals surface area contributed by atoms with Gasteiger partial charge in [0.15, 0.2) is 11.2 Å². The first-order chi connectivity index (χ1) is 9.13. The van der Waals surface area contributed by atoms with Gasteiger partial charge in [-0.05, 0) is 0 Å². The Balaban J connectivity index is 2.04. The fourth-order valence-corrected chi connectivity index (χ4v) is 2.39. The third kappa shape index (κ3) is 1.76. The fourth-order valence-electron chi connectivity index (χ4n) is 2.39. The molecule has 0 amide bonds. The summed E-state index contributed by atoms with van der Waals surface area (Å²) in [5.74, 6) is -0.430. The first kappa shape index (κ1) is 12.3. The molecule has 8 heteroatoms. The molecule has 1 aliphatic heterocycles. The summed E-state index contributed by atoms with van der Waals surface area (Å²) in [6, 6.07) is 0. The number of rotatable bonds is 2. The second kappa shape index (κ2) is 4.41. The molecule has 3 N–H and O–H groups in total. The minimum absolute atomic E-state index is 0.200. The Hall–Kier alpha value is -1.77. The molecule has 102 valence electrons. The quantitative estimate of drug-likeness (QED) is 0.666. The summed E-state index contributed by atoms with van der Waals surface area (Å²) >= 11 is 0. The smallest absolute Gasteiger partial charge is 0.242 e. The van der Waals surface area contributed by atoms with E-state index in [-0.39, 0.29) is 23.9 Å². The lowest BCUT2D eigenvalue weighted by Crippen LogP contribution is -2.28. The Bertz CT molecular complexity index is 601. The summed E-state index contributed by atoms with van der Waals surface area (Å²) in [5.41, 5.74) is 0.704. The second-order valence-electron chi connectivity index (χ2n) is 4.62. The molecular weight excluding hydrogens is 252 g/mol. The Morgan fingerprint density at radius 1 is 1.37 bits per heavy atom. The monoisotopic (exact) mass is 266 g/mol. The number of fused-ring (bicyclic) bond motifs is 1. The maximum Gasteiger partial charge on any atom is 0.242 e. The van der Waals surface area contributed by atoms with Gasteiger partial charge in [0.2, 0.25) is 5.88 Å². The van der Waals surface area contributed by atoms with Crippen molar-refractivity contribution < 1.29 is 20.1 Å². The van der Waals surface area contributed by atoms with Crippen LogP contribution in [0.3, 0.4) is 0 Å². The van der Waals surface area contributed by atoms with E-state index in [1.165, 1.54) is 12.7 Å². The van der Waals surface area contributed by atoms with Crippen LogP contribution in [-0.4, -0.2) is 53.7 Å². The standard InChI is InChI=1S/C11H14N4O4/c1-5-8(17)6(2-16)19-11(5)15-4-14-7-9(15)12-3-13-10(7)18/h3-6,8,11,16-17H,2H2,1H3,(H,12,13,18)/t5-,6-,8+,11-/m1/s1. The van der Waals surface area contributed by atoms with Gasteiger partial charge in [-0.3, -0.25) is 4.57 Å². The summed E-state index contributed by atoms with van der Waals surface area (Å²) in [5, 5.41) is 28.7. The molecule has 1 aliphatic rings. The van der Waals surface area contributed by atoms with Gasteiger partial charge >= 0.3 is 0 Å². The number of nitrogens with zero attached hydrogens (tertiary/aromatic N) is 4. The molecule has 3 heterocycles. The Kier molecular flexibility index (Phi) is 2.85. The predicted molar refractivity (Wildman–Crippen MR) is 63.2 cm³/mol. The van der Waals surface area contributed by atoms with Crippen LogP contribution in [0.1, 0.15) is 13.2 Å². The van der Waals surface area contributed by atoms with Crippen molar-refractivity contribution in [2.45, 2.75) is 25.4 Å². The van der Waals surface area contributed by atoms with E-state index in [9.17, 15) is 10.2 Å². The molecule has 0 aliphatic carbocycles. The van der Waals surface area contributed by atoms with E-state index >= 15 is 0 Å². The summed E-state index contributed by atoms with van der Waals surface area (Å²) in [6.45, 7) is 1.56. The topological polar surface area (TPSA) is 114 Å². The van der Waals surface area contributed by atoms with Crippen molar-refractivity contribution in [3.05, 3.63) is 12.7 Å². The van der Waals surface area contributed by atoms with Crippen LogP contribution >= 0.6 is 0 Å². The van der Waals surface area contributed by atoms with Gasteiger partial charge in [-0.15, -0.1) is 0 Å². The van der Waals surface area contributed by atoms with Crippen LogP contribution in [0.5, 0.6) is 5.88 Å². The highest BCUT2D eigenvalue weighted by atomic mass is 16.5. The SMILES string of the molecule is C[C@@H]1[C@H](O)[C@@H](CO)O[C@H]1n1cnc2c(O)ncnc21. The molecule has 0 radical (unpaired) electrons. The zero-order valence-electron chi connectivity index (χ0n) is 10.2. The zero-order chi connectivity index (χ0) is 13.6. The zero-order valence-corrected chi connectivity index (χ0v) is 10.2. The van der Waals surface area contributed by atoms with E-state index in [0.29, 0.717) is 5.65 Å². The van der Waals surface area contributed by atoms with Crippen LogP contribution in [0.25, 0.3) is 11.2 Å². The molecule has 2 aromatic heterocycles. The number of ether oxygens (including phenoxy) is 1. The normalized spacial score (nSPS) is 31.1. The molecule has 4 atom stereocenters. The van der Waals surface area contributed by atoms with Crippen molar-refractivity contribution in [3.63, 3.8) is 0 Å². The van der Waals surface area contributed by atoms with Gasteiger partial charge in [-0.1, -0.05) is 6.92 Å². The fraction of sp³-hybridized carbons (Fsp3) is 0.545. The third-order valence-electron chi connectivity index (χ3n) is 3.48. The van der Waals surface area contributed by atoms with E-state index in [4.69, 9.17) is 9.84 Å². The Morgan fingerprint density at radius 2 is 2.16 bits per heavy atom. The highest BCUT2D eigenvalue weighted by Gasteiger charge is 2.42. The number of hydrogen-bond acceptors (Lipinski definition) is 7. The molecule has 8 nitrogen and oxygen atoms in total. The van der Waals surface area contributed by atoms with Crippen LogP contribution in [0.15, 0.2) is 12.7 Å². The number of aliphatic hydroxyl groups is 2. The lowest BCUT2D eigenvalue weighted by atomic mass is 10.0. The molecule has 19 heavy (non-hydrogen) atoms. The summed E-state index contributed by atoms with van der Waals surface area (Å²) in [7, 11) is 0. The van der Waals surface area contributed by atoms with Gasteiger partial charge in [0.1, 0.15) is 18.7 Å². The van der Waals surface area contributed by atoms with Crippen molar-refractivity contribution in [2.75, 3.05) is 6.61 Å². The molecule has 2 aromatic rings. The minimum Gasteiger partial charge on any atom is -0.492 e. The van der Waals surface area contributed by atoms with Crippen LogP contribution < -0.4 is 0 Å². The molecule has 1 fully saturated rings. The molecule has 0 saturated carbocycles. The third-order valence-corrected chi connectivity index (χ3v) is 3.48. The van der Waals surface area contributed by atoms with Crippen molar-refractivity contribution in [1.29, 1.82) is 0 Å². The summed E-state index contributed by atoms with van der Waals surface area (Å²) in [4.78, 5) is 11.7.